The van der Waals surface area contributed by atoms with Gasteiger partial charge in [-0.2, -0.15) is 0 Å². The number of rotatable bonds is 3. The minimum Gasteiger partial charge on any atom is -0.478 e. The van der Waals surface area contributed by atoms with Gasteiger partial charge in [0.25, 0.3) is 0 Å². The third-order valence-corrected chi connectivity index (χ3v) is 3.78. The summed E-state index contributed by atoms with van der Waals surface area (Å²) in [6.07, 6.45) is 2.18. The van der Waals surface area contributed by atoms with E-state index in [9.17, 15) is 4.79 Å². The van der Waals surface area contributed by atoms with Crippen LogP contribution >= 0.6 is 0 Å². The Hall–Kier alpha value is -1.62. The van der Waals surface area contributed by atoms with Gasteiger partial charge < -0.3 is 14.9 Å². The molecule has 0 saturated carbocycles. The monoisotopic (exact) mass is 263 g/mol. The lowest BCUT2D eigenvalue weighted by Crippen LogP contribution is -2.42. The first-order chi connectivity index (χ1) is 8.97. The summed E-state index contributed by atoms with van der Waals surface area (Å²) < 4.78 is 0. The Morgan fingerprint density at radius 3 is 2.63 bits per heavy atom. The normalized spacial score (nSPS) is 17.4. The van der Waals surface area contributed by atoms with Crippen LogP contribution in [0.1, 0.15) is 28.9 Å². The van der Waals surface area contributed by atoms with Crippen molar-refractivity contribution >= 4 is 11.8 Å². The van der Waals surface area contributed by atoms with Crippen LogP contribution in [0.5, 0.6) is 0 Å². The van der Waals surface area contributed by atoms with Gasteiger partial charge >= 0.3 is 5.97 Å². The van der Waals surface area contributed by atoms with Gasteiger partial charge in [-0.15, -0.1) is 0 Å². The molecule has 1 aromatic heterocycles. The van der Waals surface area contributed by atoms with Crippen LogP contribution in [0.3, 0.4) is 0 Å². The van der Waals surface area contributed by atoms with Crippen LogP contribution in [-0.2, 0) is 0 Å². The zero-order valence-electron chi connectivity index (χ0n) is 11.8. The fraction of sp³-hybridized carbons (Fsp3) is 0.571. The number of likely N-dealkylation sites (tertiary alicyclic amines) is 1. The van der Waals surface area contributed by atoms with Gasteiger partial charge in [-0.25, -0.2) is 9.78 Å². The topological polar surface area (TPSA) is 56.7 Å². The molecule has 0 aliphatic carbocycles. The molecular formula is C14H21N3O2. The van der Waals surface area contributed by atoms with Crippen molar-refractivity contribution in [2.24, 2.45) is 0 Å². The number of aryl methyl sites for hydroxylation is 1. The molecule has 1 saturated heterocycles. The fourth-order valence-corrected chi connectivity index (χ4v) is 2.52. The third kappa shape index (κ3) is 3.23. The molecule has 2 rings (SSSR count). The van der Waals surface area contributed by atoms with E-state index in [0.29, 0.717) is 11.6 Å². The molecule has 1 aliphatic heterocycles. The second kappa shape index (κ2) is 5.57. The van der Waals surface area contributed by atoms with E-state index in [1.165, 1.54) is 0 Å². The highest BCUT2D eigenvalue weighted by Gasteiger charge is 2.22. The van der Waals surface area contributed by atoms with Crippen LogP contribution in [0.2, 0.25) is 0 Å². The van der Waals surface area contributed by atoms with E-state index in [1.807, 2.05) is 14.0 Å². The molecule has 5 heteroatoms. The summed E-state index contributed by atoms with van der Waals surface area (Å²) in [7, 11) is 4.13. The minimum absolute atomic E-state index is 0.308. The van der Waals surface area contributed by atoms with Crippen LogP contribution in [0.4, 0.5) is 5.82 Å². The lowest BCUT2D eigenvalue weighted by molar-refractivity contribution is 0.0696. The van der Waals surface area contributed by atoms with Crippen LogP contribution in [0.25, 0.3) is 0 Å². The van der Waals surface area contributed by atoms with Crippen molar-refractivity contribution in [2.45, 2.75) is 25.8 Å². The highest BCUT2D eigenvalue weighted by atomic mass is 16.4. The number of nitrogens with zero attached hydrogens (tertiary/aromatic N) is 3. The lowest BCUT2D eigenvalue weighted by Gasteiger charge is -2.35. The van der Waals surface area contributed by atoms with Gasteiger partial charge in [0.1, 0.15) is 5.82 Å². The second-order valence-corrected chi connectivity index (χ2v) is 5.31. The van der Waals surface area contributed by atoms with Crippen LogP contribution < -0.4 is 4.90 Å². The highest BCUT2D eigenvalue weighted by Crippen LogP contribution is 2.21. The van der Waals surface area contributed by atoms with Crippen LogP contribution in [-0.4, -0.2) is 54.2 Å². The quantitative estimate of drug-likeness (QED) is 0.898. The van der Waals surface area contributed by atoms with Gasteiger partial charge in [0.05, 0.1) is 5.56 Å². The zero-order chi connectivity index (χ0) is 14.0. The highest BCUT2D eigenvalue weighted by molar-refractivity contribution is 5.88. The van der Waals surface area contributed by atoms with Gasteiger partial charge in [0.2, 0.25) is 0 Å². The predicted octanol–water partition coefficient (Wildman–Crippen LogP) is 1.62. The Morgan fingerprint density at radius 1 is 1.42 bits per heavy atom. The van der Waals surface area contributed by atoms with Gasteiger partial charge in [-0.05, 0) is 52.0 Å². The molecule has 0 unspecified atom stereocenters. The summed E-state index contributed by atoms with van der Waals surface area (Å²) in [6.45, 7) is 3.98. The number of pyridine rings is 1. The van der Waals surface area contributed by atoms with E-state index in [0.717, 1.165) is 37.4 Å². The van der Waals surface area contributed by atoms with E-state index >= 15 is 0 Å². The van der Waals surface area contributed by atoms with Gasteiger partial charge in [-0.3, -0.25) is 0 Å². The van der Waals surface area contributed by atoms with E-state index in [4.69, 9.17) is 5.11 Å². The number of carboxylic acids is 1. The first kappa shape index (κ1) is 13.8. The van der Waals surface area contributed by atoms with Crippen molar-refractivity contribution < 1.29 is 9.90 Å². The molecule has 0 aromatic carbocycles. The smallest absolute Gasteiger partial charge is 0.335 e. The lowest BCUT2D eigenvalue weighted by atomic mass is 10.0. The number of anilines is 1. The maximum Gasteiger partial charge on any atom is 0.335 e. The number of carbonyl (C=O) groups is 1. The Morgan fingerprint density at radius 2 is 2.05 bits per heavy atom. The molecule has 1 aliphatic rings. The zero-order valence-corrected chi connectivity index (χ0v) is 11.8. The first-order valence-electron chi connectivity index (χ1n) is 6.60. The second-order valence-electron chi connectivity index (χ2n) is 5.31. The maximum atomic E-state index is 11.1. The summed E-state index contributed by atoms with van der Waals surface area (Å²) in [4.78, 5) is 20.0. The van der Waals surface area contributed by atoms with E-state index < -0.39 is 5.97 Å². The molecule has 0 bridgehead atoms. The average molecular weight is 263 g/mol. The van der Waals surface area contributed by atoms with Crippen LogP contribution in [0.15, 0.2) is 12.1 Å². The van der Waals surface area contributed by atoms with E-state index in [2.05, 4.69) is 21.8 Å². The number of aromatic nitrogens is 1. The molecule has 0 spiro atoms. The molecule has 104 valence electrons. The van der Waals surface area contributed by atoms with Crippen LogP contribution in [0, 0.1) is 6.92 Å². The van der Waals surface area contributed by atoms with Crippen molar-refractivity contribution in [2.75, 3.05) is 32.1 Å². The summed E-state index contributed by atoms with van der Waals surface area (Å²) in [5.41, 5.74) is 1.05. The molecule has 1 fully saturated rings. The maximum absolute atomic E-state index is 11.1. The van der Waals surface area contributed by atoms with Crippen molar-refractivity contribution in [1.29, 1.82) is 0 Å². The summed E-state index contributed by atoms with van der Waals surface area (Å²) in [6, 6.07) is 3.70. The standard InChI is InChI=1S/C14H21N3O2/c1-10-8-11(14(18)19)9-13(15-10)17(3)12-4-6-16(2)7-5-12/h8-9,12H,4-7H2,1-3H3,(H,18,19). The van der Waals surface area contributed by atoms with E-state index in [1.54, 1.807) is 12.1 Å². The number of carboxylic acid groups (broad SMARTS) is 1. The molecule has 0 atom stereocenters. The molecule has 1 aromatic rings. The molecular weight excluding hydrogens is 242 g/mol. The van der Waals surface area contributed by atoms with Crippen molar-refractivity contribution in [3.8, 4) is 0 Å². The van der Waals surface area contributed by atoms with E-state index in [-0.39, 0.29) is 0 Å². The fourth-order valence-electron chi connectivity index (χ4n) is 2.52. The summed E-state index contributed by atoms with van der Waals surface area (Å²) in [5, 5.41) is 9.11. The number of aromatic carboxylic acids is 1. The number of hydrogen-bond acceptors (Lipinski definition) is 4. The van der Waals surface area contributed by atoms with Crippen molar-refractivity contribution in [1.82, 2.24) is 9.88 Å². The van der Waals surface area contributed by atoms with Gasteiger partial charge in [-0.1, -0.05) is 0 Å². The molecule has 5 nitrogen and oxygen atoms in total. The third-order valence-electron chi connectivity index (χ3n) is 3.78. The average Bonchev–Trinajstić information content (AvgIpc) is 2.38. The van der Waals surface area contributed by atoms with Gasteiger partial charge in [0, 0.05) is 18.8 Å². The Labute approximate surface area is 113 Å². The van der Waals surface area contributed by atoms with Crippen molar-refractivity contribution in [3.63, 3.8) is 0 Å². The summed E-state index contributed by atoms with van der Waals surface area (Å²) in [5.74, 6) is -0.143. The Kier molecular flexibility index (Phi) is 4.04. The SMILES string of the molecule is Cc1cc(C(=O)O)cc(N(C)C2CCN(C)CC2)n1. The van der Waals surface area contributed by atoms with Crippen molar-refractivity contribution in [3.05, 3.63) is 23.4 Å². The largest absolute Gasteiger partial charge is 0.478 e. The first-order valence-corrected chi connectivity index (χ1v) is 6.60. The van der Waals surface area contributed by atoms with Gasteiger partial charge in [0.15, 0.2) is 0 Å². The molecule has 2 heterocycles. The Balaban J connectivity index is 2.18. The minimum atomic E-state index is -0.900. The summed E-state index contributed by atoms with van der Waals surface area (Å²) >= 11 is 0. The molecule has 0 amide bonds. The molecule has 1 N–H and O–H groups in total. The molecule has 19 heavy (non-hydrogen) atoms. The predicted molar refractivity (Wildman–Crippen MR) is 74.9 cm³/mol. The molecule has 0 radical (unpaired) electrons. The number of piperidine rings is 1. The Bertz CT molecular complexity index is 468. The number of hydrogen-bond donors (Lipinski definition) is 1.